The Kier molecular flexibility index (Phi) is 9.42. The molecule has 0 aromatic rings. The number of rotatable bonds is 12. The smallest absolute Gasteiger partial charge is 0.0751 e. The van der Waals surface area contributed by atoms with Crippen molar-refractivity contribution < 1.29 is 0 Å². The van der Waals surface area contributed by atoms with Crippen molar-refractivity contribution in [2.75, 3.05) is 0 Å². The van der Waals surface area contributed by atoms with E-state index in [0.29, 0.717) is 0 Å². The molecule has 6 aliphatic carbocycles. The van der Waals surface area contributed by atoms with Crippen LogP contribution in [0.25, 0.3) is 0 Å². The molecule has 48 heavy (non-hydrogen) atoms. The summed E-state index contributed by atoms with van der Waals surface area (Å²) in [5.74, 6) is 0. The monoisotopic (exact) mass is 732 g/mol. The van der Waals surface area contributed by atoms with Gasteiger partial charge in [-0.05, 0) is 38.5 Å². The predicted molar refractivity (Wildman–Crippen MR) is 228 cm³/mol. The summed E-state index contributed by atoms with van der Waals surface area (Å²) < 4.78 is 0. The van der Waals surface area contributed by atoms with Crippen molar-refractivity contribution in [1.82, 2.24) is 0 Å². The summed E-state index contributed by atoms with van der Waals surface area (Å²) in [7, 11) is -13.1. The average molecular weight is 733 g/mol. The van der Waals surface area contributed by atoms with Gasteiger partial charge in [-0.1, -0.05) is 218 Å². The molecular weight excluding hydrogens is 673 g/mol. The lowest BCUT2D eigenvalue weighted by atomic mass is 10.5. The molecule has 0 N–H and O–H groups in total. The SMILES string of the molecule is CC[Si]1(C2=CC=CC2)[Si](CC)(C2=CC=CC2)[Si](CC)(C2=CC=CC2)[Si](CC)(C2=CC=CC2)[Si](CC)(C2=CC=CC2)[Si]1(CC)C1=CC=CC1. The van der Waals surface area contributed by atoms with Crippen LogP contribution >= 0.6 is 0 Å². The molecule has 0 aromatic heterocycles. The molecule has 0 unspecified atom stereocenters. The fourth-order valence-electron chi connectivity index (χ4n) is 15.0. The van der Waals surface area contributed by atoms with E-state index in [1.807, 2.05) is 0 Å². The quantitative estimate of drug-likeness (QED) is 0.175. The summed E-state index contributed by atoms with van der Waals surface area (Å²) in [6, 6.07) is 8.95. The third-order valence-electron chi connectivity index (χ3n) is 15.5. The molecule has 0 atom stereocenters. The van der Waals surface area contributed by atoms with Gasteiger partial charge in [0.1, 0.15) is 0 Å². The van der Waals surface area contributed by atoms with Gasteiger partial charge < -0.3 is 0 Å². The van der Waals surface area contributed by atoms with Gasteiger partial charge in [-0.2, -0.15) is 0 Å². The van der Waals surface area contributed by atoms with E-state index in [9.17, 15) is 0 Å². The number of hydrogen-bond donors (Lipinski definition) is 0. The van der Waals surface area contributed by atoms with E-state index < -0.39 is 42.7 Å². The van der Waals surface area contributed by atoms with Crippen molar-refractivity contribution in [3.8, 4) is 0 Å². The van der Waals surface area contributed by atoms with Crippen LogP contribution in [0.5, 0.6) is 0 Å². The molecule has 7 aliphatic rings. The van der Waals surface area contributed by atoms with Crippen LogP contribution in [0.2, 0.25) is 36.3 Å². The molecule has 1 heterocycles. The van der Waals surface area contributed by atoms with E-state index in [-0.39, 0.29) is 0 Å². The van der Waals surface area contributed by atoms with Crippen molar-refractivity contribution in [1.29, 1.82) is 0 Å². The Bertz CT molecular complexity index is 1370. The highest BCUT2D eigenvalue weighted by Crippen LogP contribution is 2.70. The van der Waals surface area contributed by atoms with Crippen molar-refractivity contribution >= 4 is 42.7 Å². The van der Waals surface area contributed by atoms with Gasteiger partial charge in [0.25, 0.3) is 0 Å². The molecule has 1 saturated heterocycles. The Balaban J connectivity index is 1.83. The van der Waals surface area contributed by atoms with E-state index in [1.54, 1.807) is 0 Å². The van der Waals surface area contributed by atoms with E-state index >= 15 is 0 Å². The van der Waals surface area contributed by atoms with Crippen molar-refractivity contribution in [3.63, 3.8) is 0 Å². The second-order valence-corrected chi connectivity index (χ2v) is 74.2. The first-order chi connectivity index (χ1) is 23.5. The topological polar surface area (TPSA) is 0 Å². The van der Waals surface area contributed by atoms with Crippen LogP contribution in [-0.2, 0) is 0 Å². The highest BCUT2D eigenvalue weighted by molar-refractivity contribution is 8.18. The standard InChI is InChI=1S/C42H60Si6/c1-7-43(37-25-13-14-26-37)44(8-2,38-27-15-16-28-38)46(10-4,40-31-19-20-32-40)48(12-6,42-35-23-24-36-42)47(11-5,41-33-21-22-34-41)45(43,9-3)39-29-17-18-30-39/h13-25,27,29,31,33,35H,7-12,26,28,30,32,34,36H2,1-6H3. The molecule has 0 amide bonds. The Morgan fingerprint density at radius 1 is 0.292 bits per heavy atom. The van der Waals surface area contributed by atoms with Crippen LogP contribution in [0.3, 0.4) is 0 Å². The van der Waals surface area contributed by atoms with Gasteiger partial charge in [-0.25, -0.2) is 0 Å². The zero-order chi connectivity index (χ0) is 33.7. The van der Waals surface area contributed by atoms with Crippen LogP contribution in [0.15, 0.2) is 141 Å². The Labute approximate surface area is 297 Å². The van der Waals surface area contributed by atoms with E-state index in [0.717, 1.165) is 0 Å². The normalized spacial score (nSPS) is 39.4. The molecule has 0 aromatic carbocycles. The second-order valence-electron chi connectivity index (χ2n) is 15.5. The molecule has 7 rings (SSSR count). The molecule has 252 valence electrons. The summed E-state index contributed by atoms with van der Waals surface area (Å²) in [6.07, 6.45) is 55.2. The van der Waals surface area contributed by atoms with E-state index in [2.05, 4.69) is 182 Å². The predicted octanol–water partition coefficient (Wildman–Crippen LogP) is 11.8. The zero-order valence-corrected chi connectivity index (χ0v) is 36.9. The maximum absolute atomic E-state index is 2.81. The molecule has 0 nitrogen and oxygen atoms in total. The maximum Gasteiger partial charge on any atom is 0.0751 e. The summed E-state index contributed by atoms with van der Waals surface area (Å²) in [5, 5.41) is 12.3. The van der Waals surface area contributed by atoms with Gasteiger partial charge in [0, 0.05) is 0 Å². The first-order valence-corrected chi connectivity index (χ1v) is 38.9. The van der Waals surface area contributed by atoms with Crippen LogP contribution in [0.1, 0.15) is 80.1 Å². The van der Waals surface area contributed by atoms with Crippen LogP contribution in [-0.4, -0.2) is 42.7 Å². The summed E-state index contributed by atoms with van der Waals surface area (Å²) in [4.78, 5) is 0. The second kappa shape index (κ2) is 13.1. The highest BCUT2D eigenvalue weighted by atomic mass is 30.2. The molecule has 0 radical (unpaired) electrons. The van der Waals surface area contributed by atoms with Crippen LogP contribution in [0, 0.1) is 0 Å². The fourth-order valence-corrected chi connectivity index (χ4v) is 267. The Hall–Kier alpha value is -1.82. The van der Waals surface area contributed by atoms with Crippen molar-refractivity contribution in [3.05, 3.63) is 141 Å². The molecule has 1 fully saturated rings. The van der Waals surface area contributed by atoms with Gasteiger partial charge in [-0.15, -0.1) is 0 Å². The lowest BCUT2D eigenvalue weighted by Gasteiger charge is -2.81. The number of allylic oxidation sites excluding steroid dienone is 24. The summed E-state index contributed by atoms with van der Waals surface area (Å²) >= 11 is 0. The first kappa shape index (κ1) is 34.6. The summed E-state index contributed by atoms with van der Waals surface area (Å²) in [5.41, 5.74) is 0. The fraction of sp³-hybridized carbons (Fsp3) is 0.429. The van der Waals surface area contributed by atoms with Crippen LogP contribution in [0.4, 0.5) is 0 Å². The lowest BCUT2D eigenvalue weighted by molar-refractivity contribution is 1.22. The lowest BCUT2D eigenvalue weighted by Crippen LogP contribution is -3.08. The molecule has 0 spiro atoms. The Morgan fingerprint density at radius 2 is 0.438 bits per heavy atom. The van der Waals surface area contributed by atoms with Gasteiger partial charge in [0.05, 0.1) is 42.7 Å². The van der Waals surface area contributed by atoms with E-state index in [4.69, 9.17) is 0 Å². The van der Waals surface area contributed by atoms with E-state index in [1.165, 1.54) is 74.8 Å². The van der Waals surface area contributed by atoms with Crippen LogP contribution < -0.4 is 0 Å². The molecule has 0 bridgehead atoms. The summed E-state index contributed by atoms with van der Waals surface area (Å²) in [6.45, 7) is 16.8. The minimum Gasteiger partial charge on any atom is -0.0816 e. The van der Waals surface area contributed by atoms with Gasteiger partial charge in [-0.3, -0.25) is 0 Å². The maximum atomic E-state index is 2.81. The molecular formula is C42H60Si6. The first-order valence-electron chi connectivity index (χ1n) is 19.7. The molecule has 0 saturated carbocycles. The number of hydrogen-bond acceptors (Lipinski definition) is 0. The highest BCUT2D eigenvalue weighted by Gasteiger charge is 2.90. The molecule has 1 aliphatic heterocycles. The Morgan fingerprint density at radius 3 is 0.521 bits per heavy atom. The minimum absolute atomic E-state index is 1.26. The van der Waals surface area contributed by atoms with Gasteiger partial charge in [0.15, 0.2) is 0 Å². The third kappa shape index (κ3) is 3.75. The average Bonchev–Trinajstić information content (AvgIpc) is 3.98. The van der Waals surface area contributed by atoms with Gasteiger partial charge in [0.2, 0.25) is 0 Å². The van der Waals surface area contributed by atoms with Gasteiger partial charge >= 0.3 is 0 Å². The van der Waals surface area contributed by atoms with Crippen molar-refractivity contribution in [2.24, 2.45) is 0 Å². The minimum atomic E-state index is -2.18. The van der Waals surface area contributed by atoms with Crippen molar-refractivity contribution in [2.45, 2.75) is 116 Å². The molecule has 6 heteroatoms. The zero-order valence-electron chi connectivity index (χ0n) is 30.9. The largest absolute Gasteiger partial charge is 0.0816 e. The third-order valence-corrected chi connectivity index (χ3v) is 149.